The van der Waals surface area contributed by atoms with Gasteiger partial charge in [0.15, 0.2) is 0 Å². The minimum atomic E-state index is 1.18. The van der Waals surface area contributed by atoms with Crippen molar-refractivity contribution in [3.8, 4) is 22.5 Å². The average molecular weight is 697 g/mol. The largest absolute Gasteiger partial charge is 0.309 e. The average Bonchev–Trinajstić information content (AvgIpc) is 3.95. The van der Waals surface area contributed by atoms with Gasteiger partial charge in [-0.05, 0) is 90.0 Å². The van der Waals surface area contributed by atoms with Gasteiger partial charge in [0.05, 0.1) is 22.1 Å². The zero-order chi connectivity index (χ0) is 33.9. The molecule has 0 bridgehead atoms. The van der Waals surface area contributed by atoms with Crippen LogP contribution in [0.2, 0.25) is 0 Å². The molecule has 4 aromatic heterocycles. The molecule has 0 spiro atoms. The topological polar surface area (TPSA) is 9.86 Å². The monoisotopic (exact) mass is 696 g/mol. The lowest BCUT2D eigenvalue weighted by Gasteiger charge is -2.08. The molecule has 12 rings (SSSR count). The lowest BCUT2D eigenvalue weighted by atomic mass is 10.00. The predicted molar refractivity (Wildman–Crippen MR) is 226 cm³/mol. The van der Waals surface area contributed by atoms with Crippen molar-refractivity contribution in [3.63, 3.8) is 0 Å². The molecular formula is C48H28N2S2. The van der Waals surface area contributed by atoms with Crippen LogP contribution < -0.4 is 0 Å². The Bertz CT molecular complexity index is 3410. The molecule has 0 saturated heterocycles. The van der Waals surface area contributed by atoms with Crippen LogP contribution in [0.5, 0.6) is 0 Å². The van der Waals surface area contributed by atoms with Crippen LogP contribution in [0.25, 0.3) is 106 Å². The van der Waals surface area contributed by atoms with E-state index in [1.54, 1.807) is 0 Å². The summed E-state index contributed by atoms with van der Waals surface area (Å²) in [6.45, 7) is 0. The van der Waals surface area contributed by atoms with Gasteiger partial charge in [-0.1, -0.05) is 91.0 Å². The summed E-state index contributed by atoms with van der Waals surface area (Å²) >= 11 is 3.79. The molecule has 0 aliphatic carbocycles. The van der Waals surface area contributed by atoms with Gasteiger partial charge >= 0.3 is 0 Å². The highest BCUT2D eigenvalue weighted by atomic mass is 32.1. The minimum Gasteiger partial charge on any atom is -0.309 e. The molecule has 0 saturated carbocycles. The zero-order valence-corrected chi connectivity index (χ0v) is 29.5. The Morgan fingerprint density at radius 1 is 0.308 bits per heavy atom. The van der Waals surface area contributed by atoms with Crippen LogP contribution >= 0.6 is 22.7 Å². The van der Waals surface area contributed by atoms with E-state index < -0.39 is 0 Å². The molecule has 0 aliphatic heterocycles. The first-order valence-corrected chi connectivity index (χ1v) is 19.3. The molecule has 2 nitrogen and oxygen atoms in total. The number of benzene rings is 8. The third kappa shape index (κ3) is 3.93. The summed E-state index contributed by atoms with van der Waals surface area (Å²) in [4.78, 5) is 0. The quantitative estimate of drug-likeness (QED) is 0.174. The smallest absolute Gasteiger partial charge is 0.0555 e. The molecule has 52 heavy (non-hydrogen) atoms. The van der Waals surface area contributed by atoms with Crippen molar-refractivity contribution in [2.75, 3.05) is 0 Å². The Labute approximate surface area is 306 Å². The van der Waals surface area contributed by atoms with Crippen LogP contribution in [0.15, 0.2) is 170 Å². The lowest BCUT2D eigenvalue weighted by molar-refractivity contribution is 1.18. The highest BCUT2D eigenvalue weighted by molar-refractivity contribution is 7.27. The summed E-state index contributed by atoms with van der Waals surface area (Å²) in [7, 11) is 0. The fraction of sp³-hybridized carbons (Fsp3) is 0. The van der Waals surface area contributed by atoms with Crippen molar-refractivity contribution >= 4 is 107 Å². The Balaban J connectivity index is 1.05. The molecule has 0 aliphatic rings. The van der Waals surface area contributed by atoms with Gasteiger partial charge in [0.25, 0.3) is 0 Å². The van der Waals surface area contributed by atoms with E-state index in [4.69, 9.17) is 0 Å². The van der Waals surface area contributed by atoms with Gasteiger partial charge in [0.1, 0.15) is 0 Å². The number of aromatic nitrogens is 2. The molecule has 0 fully saturated rings. The standard InChI is InChI=1S/C48H28N2S2/c1-2-10-31(11-3-1)49-40-15-7-4-12-33(40)37-26-29(18-22-42(37)49)30-19-24-46-38(27-30)35-21-23-43-47(48(35)52-46)36-14-5-8-16-41(36)50(43)32-20-25-45-39(28-32)34-13-6-9-17-44(34)51-45/h1-28H. The molecule has 0 amide bonds. The summed E-state index contributed by atoms with van der Waals surface area (Å²) in [5.41, 5.74) is 9.80. The summed E-state index contributed by atoms with van der Waals surface area (Å²) in [6, 6.07) is 62.8. The summed E-state index contributed by atoms with van der Waals surface area (Å²) in [5, 5.41) is 10.5. The molecule has 0 radical (unpaired) electrons. The number of hydrogen-bond acceptors (Lipinski definition) is 2. The SMILES string of the molecule is c1ccc(-n2c3ccccc3c3cc(-c4ccc5sc6c(ccc7c6c6ccccc6n7-c6ccc7sc8ccccc8c7c6)c5c4)ccc32)cc1. The second-order valence-corrected chi connectivity index (χ2v) is 15.8. The third-order valence-corrected chi connectivity index (χ3v) is 13.3. The van der Waals surface area contributed by atoms with E-state index in [1.807, 2.05) is 22.7 Å². The van der Waals surface area contributed by atoms with E-state index in [2.05, 4.69) is 179 Å². The van der Waals surface area contributed by atoms with Crippen LogP contribution in [0.3, 0.4) is 0 Å². The fourth-order valence-corrected chi connectivity index (χ4v) is 10.9. The Hall–Kier alpha value is -6.20. The Kier molecular flexibility index (Phi) is 5.84. The summed E-state index contributed by atoms with van der Waals surface area (Å²) in [5.74, 6) is 0. The molecule has 12 aromatic rings. The molecule has 4 heteroatoms. The first-order valence-electron chi connectivity index (χ1n) is 17.7. The first kappa shape index (κ1) is 28.5. The second kappa shape index (κ2) is 10.7. The maximum atomic E-state index is 2.47. The number of hydrogen-bond donors (Lipinski definition) is 0. The zero-order valence-electron chi connectivity index (χ0n) is 27.9. The fourth-order valence-electron chi connectivity index (χ4n) is 8.60. The van der Waals surface area contributed by atoms with Gasteiger partial charge in [0, 0.05) is 73.3 Å². The molecule has 0 atom stereocenters. The highest BCUT2D eigenvalue weighted by Gasteiger charge is 2.19. The molecule has 0 unspecified atom stereocenters. The van der Waals surface area contributed by atoms with Crippen molar-refractivity contribution in [2.24, 2.45) is 0 Å². The lowest BCUT2D eigenvalue weighted by Crippen LogP contribution is -1.93. The van der Waals surface area contributed by atoms with Crippen LogP contribution in [0.1, 0.15) is 0 Å². The minimum absolute atomic E-state index is 1.18. The van der Waals surface area contributed by atoms with E-state index in [-0.39, 0.29) is 0 Å². The van der Waals surface area contributed by atoms with Crippen LogP contribution in [-0.4, -0.2) is 9.13 Å². The highest BCUT2D eigenvalue weighted by Crippen LogP contribution is 2.45. The van der Waals surface area contributed by atoms with Crippen LogP contribution in [-0.2, 0) is 0 Å². The number of rotatable bonds is 3. The Morgan fingerprint density at radius 2 is 0.885 bits per heavy atom. The van der Waals surface area contributed by atoms with E-state index >= 15 is 0 Å². The number of para-hydroxylation sites is 3. The molecule has 4 heterocycles. The Morgan fingerprint density at radius 3 is 1.75 bits per heavy atom. The van der Waals surface area contributed by atoms with E-state index in [1.165, 1.54) is 106 Å². The molecule has 242 valence electrons. The van der Waals surface area contributed by atoms with Gasteiger partial charge in [0.2, 0.25) is 0 Å². The summed E-state index contributed by atoms with van der Waals surface area (Å²) < 4.78 is 10.2. The van der Waals surface area contributed by atoms with Gasteiger partial charge in [-0.25, -0.2) is 0 Å². The summed E-state index contributed by atoms with van der Waals surface area (Å²) in [6.07, 6.45) is 0. The maximum Gasteiger partial charge on any atom is 0.0555 e. The van der Waals surface area contributed by atoms with E-state index in [0.29, 0.717) is 0 Å². The van der Waals surface area contributed by atoms with Gasteiger partial charge in [-0.3, -0.25) is 0 Å². The number of nitrogens with zero attached hydrogens (tertiary/aromatic N) is 2. The second-order valence-electron chi connectivity index (χ2n) is 13.7. The van der Waals surface area contributed by atoms with Crippen molar-refractivity contribution in [3.05, 3.63) is 170 Å². The van der Waals surface area contributed by atoms with Crippen molar-refractivity contribution in [2.45, 2.75) is 0 Å². The van der Waals surface area contributed by atoms with Crippen LogP contribution in [0, 0.1) is 0 Å². The molecule has 0 N–H and O–H groups in total. The van der Waals surface area contributed by atoms with E-state index in [9.17, 15) is 0 Å². The van der Waals surface area contributed by atoms with Gasteiger partial charge in [-0.15, -0.1) is 22.7 Å². The predicted octanol–water partition coefficient (Wildman–Crippen LogP) is 14.3. The first-order chi connectivity index (χ1) is 25.8. The van der Waals surface area contributed by atoms with Crippen LogP contribution in [0.4, 0.5) is 0 Å². The molecular weight excluding hydrogens is 669 g/mol. The maximum absolute atomic E-state index is 2.47. The number of fused-ring (bicyclic) bond motifs is 13. The number of thiophene rings is 2. The third-order valence-electron chi connectivity index (χ3n) is 10.9. The van der Waals surface area contributed by atoms with Crippen molar-refractivity contribution < 1.29 is 0 Å². The van der Waals surface area contributed by atoms with Gasteiger partial charge in [-0.2, -0.15) is 0 Å². The molecule has 8 aromatic carbocycles. The normalized spacial score (nSPS) is 12.2. The van der Waals surface area contributed by atoms with Gasteiger partial charge < -0.3 is 9.13 Å². The van der Waals surface area contributed by atoms with E-state index in [0.717, 1.165) is 0 Å². The van der Waals surface area contributed by atoms with Crippen molar-refractivity contribution in [1.82, 2.24) is 9.13 Å². The van der Waals surface area contributed by atoms with Crippen molar-refractivity contribution in [1.29, 1.82) is 0 Å².